The number of benzene rings is 2. The van der Waals surface area contributed by atoms with E-state index in [4.69, 9.17) is 11.6 Å². The lowest BCUT2D eigenvalue weighted by molar-refractivity contribution is 1.16. The van der Waals surface area contributed by atoms with Gasteiger partial charge in [-0.2, -0.15) is 0 Å². The van der Waals surface area contributed by atoms with E-state index in [2.05, 4.69) is 11.9 Å². The number of nitrogens with one attached hydrogen (secondary N) is 1. The van der Waals surface area contributed by atoms with Crippen molar-refractivity contribution < 1.29 is 0 Å². The summed E-state index contributed by atoms with van der Waals surface area (Å²) < 4.78 is 0. The van der Waals surface area contributed by atoms with E-state index < -0.39 is 0 Å². The second-order valence-electron chi connectivity index (χ2n) is 5.42. The van der Waals surface area contributed by atoms with E-state index in [1.54, 1.807) is 11.8 Å². The summed E-state index contributed by atoms with van der Waals surface area (Å²) in [5.41, 5.74) is 3.84. The zero-order chi connectivity index (χ0) is 15.9. The normalized spacial score (nSPS) is 11.1. The van der Waals surface area contributed by atoms with Gasteiger partial charge in [-0.15, -0.1) is 0 Å². The first-order chi connectivity index (χ1) is 10.5. The van der Waals surface area contributed by atoms with Gasteiger partial charge < -0.3 is 4.98 Å². The Labute approximate surface area is 138 Å². The molecular formula is C18H16ClNOS. The molecule has 0 aliphatic rings. The van der Waals surface area contributed by atoms with E-state index >= 15 is 0 Å². The highest BCUT2D eigenvalue weighted by molar-refractivity contribution is 7.99. The summed E-state index contributed by atoms with van der Waals surface area (Å²) in [6.07, 6.45) is 0. The van der Waals surface area contributed by atoms with Gasteiger partial charge >= 0.3 is 0 Å². The second kappa shape index (κ2) is 5.82. The van der Waals surface area contributed by atoms with Gasteiger partial charge in [0.1, 0.15) is 0 Å². The number of H-pyrrole nitrogens is 1. The average Bonchev–Trinajstić information content (AvgIpc) is 2.49. The lowest BCUT2D eigenvalue weighted by Gasteiger charge is -2.10. The number of pyridine rings is 1. The molecule has 3 aromatic rings. The van der Waals surface area contributed by atoms with Crippen LogP contribution in [0.15, 0.2) is 51.0 Å². The smallest absolute Gasteiger partial charge is 0.192 e. The highest BCUT2D eigenvalue weighted by atomic mass is 35.5. The van der Waals surface area contributed by atoms with Crippen LogP contribution in [0.4, 0.5) is 0 Å². The predicted molar refractivity (Wildman–Crippen MR) is 94.4 cm³/mol. The van der Waals surface area contributed by atoms with E-state index in [1.165, 1.54) is 0 Å². The summed E-state index contributed by atoms with van der Waals surface area (Å²) in [5.74, 6) is 0. The van der Waals surface area contributed by atoms with Gasteiger partial charge in [0.2, 0.25) is 0 Å². The summed E-state index contributed by atoms with van der Waals surface area (Å²) >= 11 is 7.57. The van der Waals surface area contributed by atoms with Crippen LogP contribution in [0.3, 0.4) is 0 Å². The minimum Gasteiger partial charge on any atom is -0.358 e. The molecule has 0 aliphatic carbocycles. The summed E-state index contributed by atoms with van der Waals surface area (Å²) in [7, 11) is 0. The van der Waals surface area contributed by atoms with E-state index in [0.29, 0.717) is 0 Å². The van der Waals surface area contributed by atoms with Crippen LogP contribution in [-0.2, 0) is 0 Å². The van der Waals surface area contributed by atoms with Gasteiger partial charge in [0.05, 0.1) is 0 Å². The zero-order valence-corrected chi connectivity index (χ0v) is 14.2. The third-order valence-electron chi connectivity index (χ3n) is 3.83. The van der Waals surface area contributed by atoms with Crippen LogP contribution in [-0.4, -0.2) is 4.98 Å². The van der Waals surface area contributed by atoms with Gasteiger partial charge in [-0.3, -0.25) is 4.79 Å². The van der Waals surface area contributed by atoms with Gasteiger partial charge in [0.25, 0.3) is 0 Å². The quantitative estimate of drug-likeness (QED) is 0.695. The third kappa shape index (κ3) is 2.79. The molecule has 0 aliphatic heterocycles. The molecule has 0 atom stereocenters. The van der Waals surface area contributed by atoms with Gasteiger partial charge in [0, 0.05) is 37.0 Å². The lowest BCUT2D eigenvalue weighted by atomic mass is 10.1. The average molecular weight is 330 g/mol. The number of aromatic nitrogens is 1. The maximum Gasteiger partial charge on any atom is 0.192 e. The van der Waals surface area contributed by atoms with Gasteiger partial charge in [-0.05, 0) is 62.7 Å². The molecule has 0 radical (unpaired) electrons. The van der Waals surface area contributed by atoms with E-state index in [1.807, 2.05) is 50.2 Å². The Morgan fingerprint density at radius 1 is 1.05 bits per heavy atom. The van der Waals surface area contributed by atoms with Crippen LogP contribution in [0.2, 0.25) is 5.02 Å². The fourth-order valence-electron chi connectivity index (χ4n) is 2.39. The topological polar surface area (TPSA) is 32.9 Å². The monoisotopic (exact) mass is 329 g/mol. The van der Waals surface area contributed by atoms with Crippen LogP contribution < -0.4 is 5.43 Å². The molecule has 3 rings (SSSR count). The largest absolute Gasteiger partial charge is 0.358 e. The summed E-state index contributed by atoms with van der Waals surface area (Å²) in [5, 5.41) is 1.47. The molecule has 0 saturated carbocycles. The maximum atomic E-state index is 12.5. The minimum absolute atomic E-state index is 0.101. The number of hydrogen-bond acceptors (Lipinski definition) is 2. The summed E-state index contributed by atoms with van der Waals surface area (Å²) in [6.45, 7) is 5.85. The highest BCUT2D eigenvalue weighted by Gasteiger charge is 2.09. The standard InChI is InChI=1S/C18H16ClNOS/c1-10-8-16-15(18(21)11(2)12(3)20-16)9-17(10)22-14-6-4-13(19)5-7-14/h4-9H,1-3H3,(H,20,21). The minimum atomic E-state index is 0.101. The van der Waals surface area contributed by atoms with Crippen molar-refractivity contribution in [3.63, 3.8) is 0 Å². The number of aryl methyl sites for hydroxylation is 2. The molecule has 0 saturated heterocycles. The van der Waals surface area contributed by atoms with E-state index in [-0.39, 0.29) is 5.43 Å². The van der Waals surface area contributed by atoms with Gasteiger partial charge in [-0.1, -0.05) is 23.4 Å². The Hall–Kier alpha value is -1.71. The first-order valence-electron chi connectivity index (χ1n) is 7.03. The molecule has 0 amide bonds. The molecular weight excluding hydrogens is 314 g/mol. The van der Waals surface area contributed by atoms with Crippen LogP contribution in [0, 0.1) is 20.8 Å². The lowest BCUT2D eigenvalue weighted by Crippen LogP contribution is -2.09. The number of halogens is 1. The number of fused-ring (bicyclic) bond motifs is 1. The molecule has 4 heteroatoms. The van der Waals surface area contributed by atoms with Crippen molar-refractivity contribution in [2.45, 2.75) is 30.6 Å². The van der Waals surface area contributed by atoms with Crippen LogP contribution in [0.1, 0.15) is 16.8 Å². The molecule has 0 unspecified atom stereocenters. The first-order valence-corrected chi connectivity index (χ1v) is 8.22. The number of hydrogen-bond donors (Lipinski definition) is 1. The summed E-state index contributed by atoms with van der Waals surface area (Å²) in [4.78, 5) is 18.0. The number of aromatic amines is 1. The fourth-order valence-corrected chi connectivity index (χ4v) is 3.44. The van der Waals surface area contributed by atoms with E-state index in [0.717, 1.165) is 42.5 Å². The molecule has 0 spiro atoms. The van der Waals surface area contributed by atoms with Crippen molar-refractivity contribution in [1.82, 2.24) is 4.98 Å². The molecule has 2 aromatic carbocycles. The number of rotatable bonds is 2. The van der Waals surface area contributed by atoms with Crippen LogP contribution in [0.25, 0.3) is 10.9 Å². The molecule has 1 aromatic heterocycles. The van der Waals surface area contributed by atoms with Crippen LogP contribution >= 0.6 is 23.4 Å². The van der Waals surface area contributed by atoms with Crippen LogP contribution in [0.5, 0.6) is 0 Å². The fraction of sp³-hybridized carbons (Fsp3) is 0.167. The third-order valence-corrected chi connectivity index (χ3v) is 5.25. The molecule has 0 fully saturated rings. The van der Waals surface area contributed by atoms with Crippen molar-refractivity contribution in [2.75, 3.05) is 0 Å². The highest BCUT2D eigenvalue weighted by Crippen LogP contribution is 2.32. The molecule has 1 N–H and O–H groups in total. The van der Waals surface area contributed by atoms with Gasteiger partial charge in [0.15, 0.2) is 5.43 Å². The SMILES string of the molecule is Cc1cc2[nH]c(C)c(C)c(=O)c2cc1Sc1ccc(Cl)cc1. The first kappa shape index (κ1) is 15.2. The Balaban J connectivity index is 2.12. The molecule has 0 bridgehead atoms. The Bertz CT molecular complexity index is 913. The molecule has 2 nitrogen and oxygen atoms in total. The Kier molecular flexibility index (Phi) is 4.02. The second-order valence-corrected chi connectivity index (χ2v) is 6.98. The Morgan fingerprint density at radius 3 is 2.41 bits per heavy atom. The van der Waals surface area contributed by atoms with Crippen molar-refractivity contribution in [1.29, 1.82) is 0 Å². The van der Waals surface area contributed by atoms with Crippen molar-refractivity contribution in [3.05, 3.63) is 68.5 Å². The van der Waals surface area contributed by atoms with Gasteiger partial charge in [-0.25, -0.2) is 0 Å². The van der Waals surface area contributed by atoms with Crippen molar-refractivity contribution in [3.8, 4) is 0 Å². The predicted octanol–water partition coefficient (Wildman–Crippen LogP) is 5.26. The Morgan fingerprint density at radius 2 is 1.73 bits per heavy atom. The molecule has 112 valence electrons. The van der Waals surface area contributed by atoms with Crippen molar-refractivity contribution in [2.24, 2.45) is 0 Å². The van der Waals surface area contributed by atoms with E-state index in [9.17, 15) is 4.79 Å². The summed E-state index contributed by atoms with van der Waals surface area (Å²) in [6, 6.07) is 11.8. The maximum absolute atomic E-state index is 12.5. The van der Waals surface area contributed by atoms with Crippen molar-refractivity contribution >= 4 is 34.3 Å². The zero-order valence-electron chi connectivity index (χ0n) is 12.7. The molecule has 1 heterocycles. The molecule has 22 heavy (non-hydrogen) atoms.